The van der Waals surface area contributed by atoms with E-state index in [1.807, 2.05) is 6.92 Å². The molecule has 0 aromatic heterocycles. The summed E-state index contributed by atoms with van der Waals surface area (Å²) < 4.78 is 0. The van der Waals surface area contributed by atoms with Crippen molar-refractivity contribution in [3.8, 4) is 0 Å². The third-order valence-electron chi connectivity index (χ3n) is 0.992. The Labute approximate surface area is 60.6 Å². The van der Waals surface area contributed by atoms with E-state index >= 15 is 0 Å². The quantitative estimate of drug-likeness (QED) is 0.557. The minimum absolute atomic E-state index is 0.00403. The zero-order valence-corrected chi connectivity index (χ0v) is 6.27. The van der Waals surface area contributed by atoms with Crippen molar-refractivity contribution in [1.82, 2.24) is 5.32 Å². The standard InChI is InChI=1S/C7H12N2O/c1-3-4-5-6(8)7(10)9-2/h4-5,8H,3H2,1-2H3,(H,9,10)/b5-4-,8-6?. The molecular weight excluding hydrogens is 128 g/mol. The van der Waals surface area contributed by atoms with Crippen molar-refractivity contribution in [1.29, 1.82) is 5.41 Å². The Kier molecular flexibility index (Phi) is 4.20. The van der Waals surface area contributed by atoms with E-state index in [0.29, 0.717) is 0 Å². The molecule has 0 spiro atoms. The maximum atomic E-state index is 10.6. The monoisotopic (exact) mass is 140 g/mol. The second kappa shape index (κ2) is 4.73. The van der Waals surface area contributed by atoms with Crippen molar-refractivity contribution >= 4 is 11.6 Å². The number of rotatable bonds is 3. The molecule has 0 aromatic rings. The summed E-state index contributed by atoms with van der Waals surface area (Å²) in [6.07, 6.45) is 4.12. The molecule has 0 radical (unpaired) electrons. The van der Waals surface area contributed by atoms with Crippen LogP contribution in [0.5, 0.6) is 0 Å². The SMILES string of the molecule is CC/C=C\C(=N)C(=O)NC. The Morgan fingerprint density at radius 3 is 2.70 bits per heavy atom. The smallest absolute Gasteiger partial charge is 0.268 e. The first-order valence-electron chi connectivity index (χ1n) is 3.19. The number of hydrogen-bond acceptors (Lipinski definition) is 2. The van der Waals surface area contributed by atoms with Gasteiger partial charge in [-0.1, -0.05) is 13.0 Å². The number of allylic oxidation sites excluding steroid dienone is 1. The highest BCUT2D eigenvalue weighted by molar-refractivity contribution is 6.41. The molecule has 3 heteroatoms. The second-order valence-corrected chi connectivity index (χ2v) is 1.80. The molecule has 0 saturated carbocycles. The molecule has 0 aliphatic heterocycles. The first-order chi connectivity index (χ1) is 4.72. The van der Waals surface area contributed by atoms with Crippen molar-refractivity contribution < 1.29 is 4.79 Å². The van der Waals surface area contributed by atoms with Gasteiger partial charge in [0.2, 0.25) is 0 Å². The minimum atomic E-state index is -0.343. The fraction of sp³-hybridized carbons (Fsp3) is 0.429. The molecule has 0 aromatic carbocycles. The molecule has 1 amide bonds. The molecule has 56 valence electrons. The largest absolute Gasteiger partial charge is 0.354 e. The lowest BCUT2D eigenvalue weighted by molar-refractivity contribution is -0.114. The lowest BCUT2D eigenvalue weighted by Crippen LogP contribution is -2.25. The lowest BCUT2D eigenvalue weighted by Gasteiger charge is -1.93. The van der Waals surface area contributed by atoms with E-state index in [0.717, 1.165) is 6.42 Å². The molecule has 0 saturated heterocycles. The van der Waals surface area contributed by atoms with E-state index < -0.39 is 0 Å². The maximum Gasteiger partial charge on any atom is 0.268 e. The van der Waals surface area contributed by atoms with Crippen LogP contribution in [0, 0.1) is 5.41 Å². The first kappa shape index (κ1) is 8.88. The van der Waals surface area contributed by atoms with Crippen molar-refractivity contribution in [2.45, 2.75) is 13.3 Å². The van der Waals surface area contributed by atoms with Gasteiger partial charge < -0.3 is 5.32 Å². The van der Waals surface area contributed by atoms with Crippen molar-refractivity contribution in [2.24, 2.45) is 0 Å². The van der Waals surface area contributed by atoms with Gasteiger partial charge in [-0.3, -0.25) is 10.2 Å². The number of carbonyl (C=O) groups excluding carboxylic acids is 1. The minimum Gasteiger partial charge on any atom is -0.354 e. The summed E-state index contributed by atoms with van der Waals surface area (Å²) in [4.78, 5) is 10.6. The lowest BCUT2D eigenvalue weighted by atomic mass is 10.3. The Balaban J connectivity index is 3.85. The van der Waals surface area contributed by atoms with Crippen LogP contribution < -0.4 is 5.32 Å². The zero-order chi connectivity index (χ0) is 7.98. The third kappa shape index (κ3) is 3.02. The summed E-state index contributed by atoms with van der Waals surface area (Å²) in [5, 5.41) is 9.46. The molecule has 0 aliphatic carbocycles. The van der Waals surface area contributed by atoms with Gasteiger partial charge in [-0.05, 0) is 12.5 Å². The molecule has 0 rings (SSSR count). The van der Waals surface area contributed by atoms with Crippen molar-refractivity contribution in [2.75, 3.05) is 7.05 Å². The highest BCUT2D eigenvalue weighted by Gasteiger charge is 1.99. The zero-order valence-electron chi connectivity index (χ0n) is 6.27. The fourth-order valence-electron chi connectivity index (χ4n) is 0.446. The van der Waals surface area contributed by atoms with Crippen LogP contribution in [0.15, 0.2) is 12.2 Å². The van der Waals surface area contributed by atoms with Crippen molar-refractivity contribution in [3.05, 3.63) is 12.2 Å². The van der Waals surface area contributed by atoms with Crippen molar-refractivity contribution in [3.63, 3.8) is 0 Å². The normalized spacial score (nSPS) is 9.80. The molecule has 3 nitrogen and oxygen atoms in total. The molecule has 2 N–H and O–H groups in total. The summed E-state index contributed by atoms with van der Waals surface area (Å²) in [7, 11) is 1.51. The second-order valence-electron chi connectivity index (χ2n) is 1.80. The van der Waals surface area contributed by atoms with Crippen LogP contribution in [0.2, 0.25) is 0 Å². The summed E-state index contributed by atoms with van der Waals surface area (Å²) in [5.41, 5.74) is 0.00403. The highest BCUT2D eigenvalue weighted by atomic mass is 16.1. The van der Waals surface area contributed by atoms with Gasteiger partial charge in [0.1, 0.15) is 5.71 Å². The Hall–Kier alpha value is -1.12. The van der Waals surface area contributed by atoms with E-state index in [4.69, 9.17) is 5.41 Å². The van der Waals surface area contributed by atoms with E-state index in [1.165, 1.54) is 13.1 Å². The number of amides is 1. The number of nitrogens with one attached hydrogen (secondary N) is 2. The molecule has 0 aliphatic rings. The molecule has 0 heterocycles. The van der Waals surface area contributed by atoms with Gasteiger partial charge in [0.25, 0.3) is 5.91 Å². The van der Waals surface area contributed by atoms with Crippen LogP contribution in [-0.2, 0) is 4.79 Å². The predicted molar refractivity (Wildman–Crippen MR) is 41.2 cm³/mol. The van der Waals surface area contributed by atoms with Crippen LogP contribution >= 0.6 is 0 Å². The van der Waals surface area contributed by atoms with Gasteiger partial charge in [-0.15, -0.1) is 0 Å². The van der Waals surface area contributed by atoms with E-state index in [1.54, 1.807) is 6.08 Å². The van der Waals surface area contributed by atoms with Gasteiger partial charge in [0.05, 0.1) is 0 Å². The average molecular weight is 140 g/mol. The van der Waals surface area contributed by atoms with Crippen LogP contribution in [0.3, 0.4) is 0 Å². The van der Waals surface area contributed by atoms with Crippen LogP contribution in [0.1, 0.15) is 13.3 Å². The molecule has 0 bridgehead atoms. The summed E-state index contributed by atoms with van der Waals surface area (Å²) in [6, 6.07) is 0. The third-order valence-corrected chi connectivity index (χ3v) is 0.992. The topological polar surface area (TPSA) is 53.0 Å². The van der Waals surface area contributed by atoms with Crippen LogP contribution in [0.25, 0.3) is 0 Å². The van der Waals surface area contributed by atoms with Crippen LogP contribution in [0.4, 0.5) is 0 Å². The van der Waals surface area contributed by atoms with Gasteiger partial charge in [0.15, 0.2) is 0 Å². The summed E-state index contributed by atoms with van der Waals surface area (Å²) in [5.74, 6) is -0.343. The van der Waals surface area contributed by atoms with Gasteiger partial charge in [0, 0.05) is 7.05 Å². The van der Waals surface area contributed by atoms with Gasteiger partial charge >= 0.3 is 0 Å². The molecule has 0 unspecified atom stereocenters. The molecule has 0 fully saturated rings. The number of carbonyl (C=O) groups is 1. The van der Waals surface area contributed by atoms with Crippen LogP contribution in [-0.4, -0.2) is 18.7 Å². The summed E-state index contributed by atoms with van der Waals surface area (Å²) >= 11 is 0. The van der Waals surface area contributed by atoms with E-state index in [2.05, 4.69) is 5.32 Å². The fourth-order valence-corrected chi connectivity index (χ4v) is 0.446. The summed E-state index contributed by atoms with van der Waals surface area (Å²) in [6.45, 7) is 1.95. The van der Waals surface area contributed by atoms with E-state index in [9.17, 15) is 4.79 Å². The number of hydrogen-bond donors (Lipinski definition) is 2. The van der Waals surface area contributed by atoms with Gasteiger partial charge in [-0.2, -0.15) is 0 Å². The Morgan fingerprint density at radius 2 is 2.30 bits per heavy atom. The Bertz CT molecular complexity index is 161. The Morgan fingerprint density at radius 1 is 1.70 bits per heavy atom. The average Bonchev–Trinajstić information content (AvgIpc) is 1.98. The molecule has 0 atom stereocenters. The highest BCUT2D eigenvalue weighted by Crippen LogP contribution is 1.81. The maximum absolute atomic E-state index is 10.6. The van der Waals surface area contributed by atoms with E-state index in [-0.39, 0.29) is 11.6 Å². The molecule has 10 heavy (non-hydrogen) atoms. The predicted octanol–water partition coefficient (Wildman–Crippen LogP) is 0.718. The van der Waals surface area contributed by atoms with Gasteiger partial charge in [-0.25, -0.2) is 0 Å². The molecular formula is C7H12N2O. The first-order valence-corrected chi connectivity index (χ1v) is 3.19.